The number of hydrogen-bond donors (Lipinski definition) is 0. The summed E-state index contributed by atoms with van der Waals surface area (Å²) in [5.74, 6) is 0.767. The summed E-state index contributed by atoms with van der Waals surface area (Å²) in [5.41, 5.74) is 2.08. The predicted octanol–water partition coefficient (Wildman–Crippen LogP) is 4.16. The van der Waals surface area contributed by atoms with Gasteiger partial charge < -0.3 is 9.64 Å². The number of ether oxygens (including phenoxy) is 1. The van der Waals surface area contributed by atoms with E-state index in [-0.39, 0.29) is 6.04 Å². The molecule has 1 atom stereocenters. The zero-order valence-corrected chi connectivity index (χ0v) is 13.1. The van der Waals surface area contributed by atoms with E-state index >= 15 is 0 Å². The Labute approximate surface area is 135 Å². The van der Waals surface area contributed by atoms with Crippen molar-refractivity contribution in [3.8, 4) is 16.9 Å². The van der Waals surface area contributed by atoms with Gasteiger partial charge in [0.1, 0.15) is 12.4 Å². The van der Waals surface area contributed by atoms with Gasteiger partial charge in [-0.2, -0.15) is 0 Å². The zero-order chi connectivity index (χ0) is 15.4. The summed E-state index contributed by atoms with van der Waals surface area (Å²) >= 11 is 5.92. The summed E-state index contributed by atoms with van der Waals surface area (Å²) in [6.07, 6.45) is 11.8. The van der Waals surface area contributed by atoms with Crippen LogP contribution in [0.15, 0.2) is 67.2 Å². The fraction of sp³-hybridized carbons (Fsp3) is 0.167. The lowest BCUT2D eigenvalue weighted by Gasteiger charge is -2.26. The van der Waals surface area contributed by atoms with Crippen LogP contribution in [0.4, 0.5) is 0 Å². The summed E-state index contributed by atoms with van der Waals surface area (Å²) in [5, 5.41) is 0.726. The number of likely N-dealkylation sites (N-methyl/N-ethyl adjacent to an activating group) is 1. The molecule has 4 heteroatoms. The van der Waals surface area contributed by atoms with Crippen molar-refractivity contribution in [2.45, 2.75) is 6.04 Å². The van der Waals surface area contributed by atoms with Crippen LogP contribution in [-0.4, -0.2) is 29.6 Å². The maximum Gasteiger partial charge on any atom is 0.138 e. The second kappa shape index (κ2) is 6.67. The van der Waals surface area contributed by atoms with Crippen LogP contribution in [0.1, 0.15) is 0 Å². The predicted molar refractivity (Wildman–Crippen MR) is 90.0 cm³/mol. The number of allylic oxidation sites excluding steroid dienone is 2. The van der Waals surface area contributed by atoms with Gasteiger partial charge in [-0.1, -0.05) is 35.9 Å². The molecule has 0 amide bonds. The van der Waals surface area contributed by atoms with Gasteiger partial charge in [0.2, 0.25) is 0 Å². The molecule has 22 heavy (non-hydrogen) atoms. The number of pyridine rings is 1. The summed E-state index contributed by atoms with van der Waals surface area (Å²) < 4.78 is 5.89. The normalized spacial score (nSPS) is 16.8. The van der Waals surface area contributed by atoms with Gasteiger partial charge in [0.15, 0.2) is 0 Å². The second-order valence-electron chi connectivity index (χ2n) is 5.19. The first-order chi connectivity index (χ1) is 10.7. The lowest BCUT2D eigenvalue weighted by atomic mass is 10.1. The molecule has 0 fully saturated rings. The third-order valence-electron chi connectivity index (χ3n) is 3.60. The molecular weight excluding hydrogens is 296 g/mol. The van der Waals surface area contributed by atoms with E-state index in [0.29, 0.717) is 6.61 Å². The van der Waals surface area contributed by atoms with Gasteiger partial charge >= 0.3 is 0 Å². The molecule has 0 spiro atoms. The SMILES string of the molecule is CN1C=CC=C[C@@H]1COc1cncc(-c2ccc(Cl)cc2)c1. The quantitative estimate of drug-likeness (QED) is 0.847. The summed E-state index contributed by atoms with van der Waals surface area (Å²) in [6, 6.07) is 9.94. The molecule has 0 bridgehead atoms. The molecule has 3 nitrogen and oxygen atoms in total. The van der Waals surface area contributed by atoms with Gasteiger partial charge in [0.25, 0.3) is 0 Å². The van der Waals surface area contributed by atoms with Crippen LogP contribution in [0, 0.1) is 0 Å². The molecule has 1 aromatic carbocycles. The Morgan fingerprint density at radius 2 is 1.95 bits per heavy atom. The first-order valence-electron chi connectivity index (χ1n) is 7.13. The standard InChI is InChI=1S/C18H17ClN2O/c1-21-9-3-2-4-17(21)13-22-18-10-15(11-20-12-18)14-5-7-16(19)8-6-14/h2-12,17H,13H2,1H3/t17-/m1/s1. The maximum atomic E-state index is 5.92. The lowest BCUT2D eigenvalue weighted by Crippen LogP contribution is -2.32. The van der Waals surface area contributed by atoms with Gasteiger partial charge in [-0.25, -0.2) is 0 Å². The molecule has 0 saturated heterocycles. The second-order valence-corrected chi connectivity index (χ2v) is 5.62. The van der Waals surface area contributed by atoms with E-state index in [2.05, 4.69) is 16.0 Å². The highest BCUT2D eigenvalue weighted by Crippen LogP contribution is 2.24. The van der Waals surface area contributed by atoms with Gasteiger partial charge in [0.05, 0.1) is 12.2 Å². The molecule has 2 aromatic rings. The fourth-order valence-electron chi connectivity index (χ4n) is 2.28. The minimum atomic E-state index is 0.240. The number of aromatic nitrogens is 1. The number of benzene rings is 1. The van der Waals surface area contributed by atoms with E-state index in [1.54, 1.807) is 6.20 Å². The number of hydrogen-bond acceptors (Lipinski definition) is 3. The highest BCUT2D eigenvalue weighted by molar-refractivity contribution is 6.30. The molecule has 2 heterocycles. The molecule has 112 valence electrons. The summed E-state index contributed by atoms with van der Waals surface area (Å²) in [7, 11) is 2.04. The molecule has 3 rings (SSSR count). The topological polar surface area (TPSA) is 25.4 Å². The van der Waals surface area contributed by atoms with Crippen molar-refractivity contribution in [3.63, 3.8) is 0 Å². The fourth-order valence-corrected chi connectivity index (χ4v) is 2.40. The summed E-state index contributed by atoms with van der Waals surface area (Å²) in [4.78, 5) is 6.38. The maximum absolute atomic E-state index is 5.92. The van der Waals surface area contributed by atoms with Crippen LogP contribution < -0.4 is 4.74 Å². The largest absolute Gasteiger partial charge is 0.489 e. The Bertz CT molecular complexity index is 694. The Hall–Kier alpha value is -2.26. The van der Waals surface area contributed by atoms with Crippen LogP contribution in [0.5, 0.6) is 5.75 Å². The van der Waals surface area contributed by atoms with E-state index in [9.17, 15) is 0 Å². The average molecular weight is 313 g/mol. The van der Waals surface area contributed by atoms with Crippen molar-refractivity contribution in [1.29, 1.82) is 0 Å². The van der Waals surface area contributed by atoms with Gasteiger partial charge in [-0.15, -0.1) is 0 Å². The molecular formula is C18H17ClN2O. The van der Waals surface area contributed by atoms with Crippen molar-refractivity contribution < 1.29 is 4.74 Å². The molecule has 0 radical (unpaired) electrons. The minimum Gasteiger partial charge on any atom is -0.489 e. The van der Waals surface area contributed by atoms with Gasteiger partial charge in [-0.05, 0) is 36.0 Å². The number of nitrogens with zero attached hydrogens (tertiary/aromatic N) is 2. The third-order valence-corrected chi connectivity index (χ3v) is 3.85. The Balaban J connectivity index is 1.70. The molecule has 0 N–H and O–H groups in total. The Morgan fingerprint density at radius 1 is 1.14 bits per heavy atom. The van der Waals surface area contributed by atoms with Crippen molar-refractivity contribution in [1.82, 2.24) is 9.88 Å². The van der Waals surface area contributed by atoms with E-state index < -0.39 is 0 Å². The van der Waals surface area contributed by atoms with Crippen LogP contribution in [0.2, 0.25) is 5.02 Å². The Morgan fingerprint density at radius 3 is 2.73 bits per heavy atom. The van der Waals surface area contributed by atoms with E-state index in [0.717, 1.165) is 21.9 Å². The Kier molecular flexibility index (Phi) is 4.45. The molecule has 0 unspecified atom stereocenters. The van der Waals surface area contributed by atoms with Crippen molar-refractivity contribution in [3.05, 3.63) is 72.2 Å². The highest BCUT2D eigenvalue weighted by atomic mass is 35.5. The number of halogens is 1. The third kappa shape index (κ3) is 3.49. The number of rotatable bonds is 4. The van der Waals surface area contributed by atoms with Crippen LogP contribution >= 0.6 is 11.6 Å². The van der Waals surface area contributed by atoms with Crippen LogP contribution in [0.25, 0.3) is 11.1 Å². The van der Waals surface area contributed by atoms with E-state index in [4.69, 9.17) is 16.3 Å². The minimum absolute atomic E-state index is 0.240. The first kappa shape index (κ1) is 14.7. The van der Waals surface area contributed by atoms with Gasteiger partial charge in [0, 0.05) is 23.8 Å². The zero-order valence-electron chi connectivity index (χ0n) is 12.3. The molecule has 1 aliphatic rings. The summed E-state index contributed by atoms with van der Waals surface area (Å²) in [6.45, 7) is 0.586. The van der Waals surface area contributed by atoms with E-state index in [1.165, 1.54) is 0 Å². The molecule has 1 aromatic heterocycles. The van der Waals surface area contributed by atoms with Crippen molar-refractivity contribution >= 4 is 11.6 Å². The highest BCUT2D eigenvalue weighted by Gasteiger charge is 2.11. The molecule has 0 saturated carbocycles. The van der Waals surface area contributed by atoms with Crippen LogP contribution in [-0.2, 0) is 0 Å². The first-order valence-corrected chi connectivity index (χ1v) is 7.51. The van der Waals surface area contributed by atoms with Crippen LogP contribution in [0.3, 0.4) is 0 Å². The molecule has 0 aliphatic carbocycles. The van der Waals surface area contributed by atoms with Gasteiger partial charge in [-0.3, -0.25) is 4.98 Å². The van der Waals surface area contributed by atoms with Crippen molar-refractivity contribution in [2.75, 3.05) is 13.7 Å². The lowest BCUT2D eigenvalue weighted by molar-refractivity contribution is 0.229. The monoisotopic (exact) mass is 312 g/mol. The molecule has 1 aliphatic heterocycles. The average Bonchev–Trinajstić information content (AvgIpc) is 2.55. The smallest absolute Gasteiger partial charge is 0.138 e. The van der Waals surface area contributed by atoms with E-state index in [1.807, 2.05) is 61.9 Å². The van der Waals surface area contributed by atoms with Crippen molar-refractivity contribution in [2.24, 2.45) is 0 Å².